The van der Waals surface area contributed by atoms with Crippen LogP contribution >= 0.6 is 11.6 Å². The maximum atomic E-state index is 13.1. The third kappa shape index (κ3) is 5.16. The summed E-state index contributed by atoms with van der Waals surface area (Å²) in [6, 6.07) is 9.54. The minimum absolute atomic E-state index is 0.0824. The molecule has 30 heavy (non-hydrogen) atoms. The molecule has 1 aliphatic heterocycles. The van der Waals surface area contributed by atoms with Crippen LogP contribution in [0.3, 0.4) is 0 Å². The van der Waals surface area contributed by atoms with Gasteiger partial charge in [0.1, 0.15) is 0 Å². The number of rotatable bonds is 7. The number of nitro groups is 1. The van der Waals surface area contributed by atoms with Crippen LogP contribution in [0.1, 0.15) is 22.7 Å². The van der Waals surface area contributed by atoms with Crippen LogP contribution in [0.2, 0.25) is 5.02 Å². The fourth-order valence-electron chi connectivity index (χ4n) is 3.52. The number of nitrogens with one attached hydrogen (secondary N) is 1. The SMILES string of the molecule is Cc1cc([N+](=O)[O-])cc(S(=O)(=O)NCC(c2cccc(Cl)c2)N2CCOCC2)c1C. The van der Waals surface area contributed by atoms with Gasteiger partial charge >= 0.3 is 0 Å². The molecule has 3 rings (SSSR count). The fourth-order valence-corrected chi connectivity index (χ4v) is 5.09. The third-order valence-corrected chi connectivity index (χ3v) is 7.08. The molecular weight excluding hydrogens is 430 g/mol. The molecule has 1 heterocycles. The molecule has 1 N–H and O–H groups in total. The Labute approximate surface area is 181 Å². The van der Waals surface area contributed by atoms with Crippen LogP contribution in [-0.4, -0.2) is 51.1 Å². The van der Waals surface area contributed by atoms with Gasteiger partial charge in [0, 0.05) is 42.8 Å². The molecule has 0 aliphatic carbocycles. The lowest BCUT2D eigenvalue weighted by molar-refractivity contribution is -0.385. The molecule has 1 fully saturated rings. The molecule has 1 unspecified atom stereocenters. The lowest BCUT2D eigenvalue weighted by atomic mass is 10.1. The molecule has 1 aliphatic rings. The predicted octanol–water partition coefficient (Wildman–Crippen LogP) is 3.22. The average Bonchev–Trinajstić information content (AvgIpc) is 2.70. The third-order valence-electron chi connectivity index (χ3n) is 5.29. The van der Waals surface area contributed by atoms with E-state index in [4.69, 9.17) is 16.3 Å². The molecule has 162 valence electrons. The number of halogens is 1. The number of hydrogen-bond donors (Lipinski definition) is 1. The Kier molecular flexibility index (Phi) is 7.10. The van der Waals surface area contributed by atoms with Gasteiger partial charge in [0.15, 0.2) is 0 Å². The summed E-state index contributed by atoms with van der Waals surface area (Å²) < 4.78 is 34.2. The van der Waals surface area contributed by atoms with E-state index in [0.29, 0.717) is 42.5 Å². The number of nitrogens with zero attached hydrogens (tertiary/aromatic N) is 2. The van der Waals surface area contributed by atoms with E-state index in [1.807, 2.05) is 18.2 Å². The largest absolute Gasteiger partial charge is 0.379 e. The summed E-state index contributed by atoms with van der Waals surface area (Å²) in [6.45, 7) is 5.85. The average molecular weight is 454 g/mol. The standard InChI is InChI=1S/C20H24ClN3O5S/c1-14-10-18(24(25)26)12-20(15(14)2)30(27,28)22-13-19(23-6-8-29-9-7-23)16-4-3-5-17(21)11-16/h3-5,10-12,19,22H,6-9,13H2,1-2H3. The maximum absolute atomic E-state index is 13.1. The Morgan fingerprint density at radius 3 is 2.57 bits per heavy atom. The van der Waals surface area contributed by atoms with Crippen LogP contribution in [0.5, 0.6) is 0 Å². The molecular formula is C20H24ClN3O5S. The molecule has 1 atom stereocenters. The molecule has 0 saturated carbocycles. The second kappa shape index (κ2) is 9.40. The van der Waals surface area contributed by atoms with E-state index in [9.17, 15) is 18.5 Å². The van der Waals surface area contributed by atoms with E-state index in [1.54, 1.807) is 19.9 Å². The van der Waals surface area contributed by atoms with Gasteiger partial charge < -0.3 is 4.74 Å². The van der Waals surface area contributed by atoms with Crippen LogP contribution in [0.4, 0.5) is 5.69 Å². The van der Waals surface area contributed by atoms with Gasteiger partial charge in [-0.05, 0) is 42.7 Å². The molecule has 1 saturated heterocycles. The van der Waals surface area contributed by atoms with Crippen molar-refractivity contribution in [3.8, 4) is 0 Å². The molecule has 10 heteroatoms. The minimum Gasteiger partial charge on any atom is -0.379 e. The molecule has 2 aromatic carbocycles. The zero-order valence-corrected chi connectivity index (χ0v) is 18.4. The summed E-state index contributed by atoms with van der Waals surface area (Å²) in [5.74, 6) is 0. The number of hydrogen-bond acceptors (Lipinski definition) is 6. The van der Waals surface area contributed by atoms with Gasteiger partial charge in [-0.25, -0.2) is 13.1 Å². The molecule has 0 bridgehead atoms. The van der Waals surface area contributed by atoms with Gasteiger partial charge in [0.2, 0.25) is 10.0 Å². The molecule has 0 radical (unpaired) electrons. The van der Waals surface area contributed by atoms with Gasteiger partial charge in [-0.2, -0.15) is 0 Å². The molecule has 0 aromatic heterocycles. The van der Waals surface area contributed by atoms with Crippen molar-refractivity contribution < 1.29 is 18.1 Å². The second-order valence-corrected chi connectivity index (χ2v) is 9.39. The van der Waals surface area contributed by atoms with E-state index in [-0.39, 0.29) is 23.2 Å². The zero-order chi connectivity index (χ0) is 21.9. The van der Waals surface area contributed by atoms with E-state index < -0.39 is 14.9 Å². The summed E-state index contributed by atoms with van der Waals surface area (Å²) >= 11 is 6.15. The fraction of sp³-hybridized carbons (Fsp3) is 0.400. The Morgan fingerprint density at radius 2 is 1.93 bits per heavy atom. The molecule has 2 aromatic rings. The Bertz CT molecular complexity index is 1040. The van der Waals surface area contributed by atoms with Crippen molar-refractivity contribution in [2.24, 2.45) is 0 Å². The first kappa shape index (κ1) is 22.6. The topological polar surface area (TPSA) is 102 Å². The van der Waals surface area contributed by atoms with Crippen molar-refractivity contribution in [3.63, 3.8) is 0 Å². The van der Waals surface area contributed by atoms with E-state index >= 15 is 0 Å². The van der Waals surface area contributed by atoms with Crippen LogP contribution in [0.25, 0.3) is 0 Å². The summed E-state index contributed by atoms with van der Waals surface area (Å²) in [4.78, 5) is 12.7. The highest BCUT2D eigenvalue weighted by atomic mass is 35.5. The second-order valence-electron chi connectivity index (χ2n) is 7.21. The number of non-ortho nitro benzene ring substituents is 1. The highest BCUT2D eigenvalue weighted by Crippen LogP contribution is 2.27. The summed E-state index contributed by atoms with van der Waals surface area (Å²) in [6.07, 6.45) is 0. The molecule has 0 amide bonds. The number of morpholine rings is 1. The summed E-state index contributed by atoms with van der Waals surface area (Å²) in [5.41, 5.74) is 1.67. The van der Waals surface area contributed by atoms with Crippen molar-refractivity contribution in [1.29, 1.82) is 0 Å². The number of ether oxygens (including phenoxy) is 1. The van der Waals surface area contributed by atoms with Crippen molar-refractivity contribution in [2.45, 2.75) is 24.8 Å². The lowest BCUT2D eigenvalue weighted by Gasteiger charge is -2.35. The number of benzene rings is 2. The first-order valence-electron chi connectivity index (χ1n) is 9.51. The van der Waals surface area contributed by atoms with Crippen molar-refractivity contribution in [2.75, 3.05) is 32.8 Å². The van der Waals surface area contributed by atoms with Gasteiger partial charge in [-0.15, -0.1) is 0 Å². The smallest absolute Gasteiger partial charge is 0.271 e. The lowest BCUT2D eigenvalue weighted by Crippen LogP contribution is -2.43. The highest BCUT2D eigenvalue weighted by molar-refractivity contribution is 7.89. The van der Waals surface area contributed by atoms with Crippen LogP contribution in [0, 0.1) is 24.0 Å². The number of nitro benzene ring substituents is 1. The predicted molar refractivity (Wildman–Crippen MR) is 114 cm³/mol. The first-order chi connectivity index (χ1) is 14.2. The minimum atomic E-state index is -3.97. The van der Waals surface area contributed by atoms with E-state index in [2.05, 4.69) is 9.62 Å². The summed E-state index contributed by atoms with van der Waals surface area (Å²) in [5, 5.41) is 11.8. The Hall–Kier alpha value is -2.04. The van der Waals surface area contributed by atoms with E-state index in [0.717, 1.165) is 11.6 Å². The van der Waals surface area contributed by atoms with Gasteiger partial charge in [-0.3, -0.25) is 15.0 Å². The van der Waals surface area contributed by atoms with Gasteiger partial charge in [-0.1, -0.05) is 23.7 Å². The van der Waals surface area contributed by atoms with Crippen molar-refractivity contribution in [1.82, 2.24) is 9.62 Å². The first-order valence-corrected chi connectivity index (χ1v) is 11.4. The summed E-state index contributed by atoms with van der Waals surface area (Å²) in [7, 11) is -3.97. The number of sulfonamides is 1. The van der Waals surface area contributed by atoms with E-state index in [1.165, 1.54) is 6.07 Å². The molecule has 0 spiro atoms. The normalized spacial score (nSPS) is 16.4. The van der Waals surface area contributed by atoms with Crippen molar-refractivity contribution in [3.05, 3.63) is 68.2 Å². The molecule has 8 nitrogen and oxygen atoms in total. The quantitative estimate of drug-likeness (QED) is 0.510. The van der Waals surface area contributed by atoms with Crippen LogP contribution < -0.4 is 4.72 Å². The van der Waals surface area contributed by atoms with Gasteiger partial charge in [0.25, 0.3) is 5.69 Å². The number of aryl methyl sites for hydroxylation is 1. The Morgan fingerprint density at radius 1 is 1.23 bits per heavy atom. The van der Waals surface area contributed by atoms with Crippen LogP contribution in [-0.2, 0) is 14.8 Å². The zero-order valence-electron chi connectivity index (χ0n) is 16.8. The van der Waals surface area contributed by atoms with Gasteiger partial charge in [0.05, 0.1) is 23.0 Å². The van der Waals surface area contributed by atoms with Crippen molar-refractivity contribution >= 4 is 27.3 Å². The maximum Gasteiger partial charge on any atom is 0.271 e. The Balaban J connectivity index is 1.90. The highest BCUT2D eigenvalue weighted by Gasteiger charge is 2.27. The monoisotopic (exact) mass is 453 g/mol. The van der Waals surface area contributed by atoms with Crippen LogP contribution in [0.15, 0.2) is 41.3 Å².